The molecule has 3 rings (SSSR count). The summed E-state index contributed by atoms with van der Waals surface area (Å²) >= 11 is 6.38. The Morgan fingerprint density at radius 3 is 2.57 bits per heavy atom. The van der Waals surface area contributed by atoms with Crippen molar-refractivity contribution in [3.05, 3.63) is 58.7 Å². The highest BCUT2D eigenvalue weighted by Gasteiger charge is 2.20. The number of halogens is 1. The van der Waals surface area contributed by atoms with Crippen LogP contribution in [0.5, 0.6) is 5.88 Å². The highest BCUT2D eigenvalue weighted by molar-refractivity contribution is 6.35. The average molecular weight is 400 g/mol. The molecule has 0 unspecified atom stereocenters. The van der Waals surface area contributed by atoms with Crippen molar-refractivity contribution in [3.63, 3.8) is 0 Å². The number of pyridine rings is 2. The molecule has 0 saturated heterocycles. The van der Waals surface area contributed by atoms with Crippen molar-refractivity contribution in [2.75, 3.05) is 11.9 Å². The van der Waals surface area contributed by atoms with Gasteiger partial charge < -0.3 is 15.2 Å². The number of hydrogen-bond donors (Lipinski definition) is 2. The third kappa shape index (κ3) is 4.70. The average Bonchev–Trinajstić information content (AvgIpc) is 2.64. The Morgan fingerprint density at radius 1 is 1.21 bits per heavy atom. The van der Waals surface area contributed by atoms with E-state index in [1.807, 2.05) is 30.3 Å². The molecule has 2 aromatic heterocycles. The van der Waals surface area contributed by atoms with Gasteiger partial charge in [-0.2, -0.15) is 0 Å². The number of aromatic nitrogens is 2. The largest absolute Gasteiger partial charge is 0.478 e. The number of carbonyl (C=O) groups is 1. The van der Waals surface area contributed by atoms with Crippen LogP contribution >= 0.6 is 11.6 Å². The van der Waals surface area contributed by atoms with Crippen molar-refractivity contribution in [3.8, 4) is 5.88 Å². The highest BCUT2D eigenvalue weighted by Crippen LogP contribution is 2.32. The van der Waals surface area contributed by atoms with Crippen LogP contribution in [0.3, 0.4) is 0 Å². The molecule has 0 saturated carbocycles. The van der Waals surface area contributed by atoms with E-state index in [-0.39, 0.29) is 11.0 Å². The van der Waals surface area contributed by atoms with Crippen LogP contribution in [-0.2, 0) is 6.61 Å². The molecular weight excluding hydrogens is 378 g/mol. The van der Waals surface area contributed by atoms with Gasteiger partial charge in [0, 0.05) is 18.8 Å². The molecule has 1 aromatic carbocycles. The van der Waals surface area contributed by atoms with E-state index in [4.69, 9.17) is 16.3 Å². The zero-order valence-corrected chi connectivity index (χ0v) is 16.7. The summed E-state index contributed by atoms with van der Waals surface area (Å²) in [6, 6.07) is 11.3. The van der Waals surface area contributed by atoms with Gasteiger partial charge in [-0.05, 0) is 11.0 Å². The molecule has 0 aliphatic carbocycles. The number of fused-ring (bicyclic) bond motifs is 1. The van der Waals surface area contributed by atoms with Gasteiger partial charge in [-0.1, -0.05) is 62.7 Å². The van der Waals surface area contributed by atoms with Crippen LogP contribution in [0.4, 0.5) is 5.69 Å². The third-order valence-electron chi connectivity index (χ3n) is 4.01. The van der Waals surface area contributed by atoms with Crippen molar-refractivity contribution < 1.29 is 14.6 Å². The number of anilines is 1. The molecule has 2 N–H and O–H groups in total. The van der Waals surface area contributed by atoms with Crippen LogP contribution in [0.25, 0.3) is 11.0 Å². The fourth-order valence-corrected chi connectivity index (χ4v) is 2.84. The van der Waals surface area contributed by atoms with Crippen molar-refractivity contribution in [2.24, 2.45) is 5.41 Å². The number of rotatable bonds is 6. The van der Waals surface area contributed by atoms with E-state index in [0.717, 1.165) is 5.56 Å². The summed E-state index contributed by atoms with van der Waals surface area (Å²) in [7, 11) is 0. The van der Waals surface area contributed by atoms with E-state index in [1.165, 1.54) is 6.20 Å². The predicted molar refractivity (Wildman–Crippen MR) is 110 cm³/mol. The van der Waals surface area contributed by atoms with Crippen LogP contribution in [0.1, 0.15) is 36.7 Å². The summed E-state index contributed by atoms with van der Waals surface area (Å²) in [5.74, 6) is -0.774. The Morgan fingerprint density at radius 2 is 1.93 bits per heavy atom. The van der Waals surface area contributed by atoms with Crippen molar-refractivity contribution >= 4 is 34.3 Å². The zero-order chi connectivity index (χ0) is 20.3. The summed E-state index contributed by atoms with van der Waals surface area (Å²) < 4.78 is 5.78. The van der Waals surface area contributed by atoms with E-state index in [0.29, 0.717) is 40.8 Å². The Bertz CT molecular complexity index is 1000. The first-order chi connectivity index (χ1) is 13.2. The molecule has 7 heteroatoms. The summed E-state index contributed by atoms with van der Waals surface area (Å²) in [6.07, 6.45) is 1.30. The van der Waals surface area contributed by atoms with Gasteiger partial charge in [0.15, 0.2) is 0 Å². The van der Waals surface area contributed by atoms with Gasteiger partial charge in [-0.15, -0.1) is 0 Å². The molecule has 0 aliphatic heterocycles. The fraction of sp³-hybridized carbons (Fsp3) is 0.286. The molecule has 3 aromatic rings. The lowest BCUT2D eigenvalue weighted by atomic mass is 9.96. The molecule has 2 heterocycles. The Balaban J connectivity index is 2.02. The molecule has 0 bridgehead atoms. The lowest BCUT2D eigenvalue weighted by Crippen LogP contribution is -2.21. The Kier molecular flexibility index (Phi) is 5.70. The van der Waals surface area contributed by atoms with Crippen LogP contribution in [-0.4, -0.2) is 27.6 Å². The molecule has 0 radical (unpaired) electrons. The first-order valence-corrected chi connectivity index (χ1v) is 9.25. The van der Waals surface area contributed by atoms with E-state index >= 15 is 0 Å². The summed E-state index contributed by atoms with van der Waals surface area (Å²) in [6.45, 7) is 7.04. The van der Waals surface area contributed by atoms with E-state index < -0.39 is 5.97 Å². The van der Waals surface area contributed by atoms with E-state index in [2.05, 4.69) is 36.1 Å². The van der Waals surface area contributed by atoms with Gasteiger partial charge in [0.1, 0.15) is 23.2 Å². The highest BCUT2D eigenvalue weighted by atomic mass is 35.5. The second kappa shape index (κ2) is 8.02. The summed E-state index contributed by atoms with van der Waals surface area (Å²) in [5, 5.41) is 13.1. The second-order valence-electron chi connectivity index (χ2n) is 7.68. The van der Waals surface area contributed by atoms with Crippen molar-refractivity contribution in [1.82, 2.24) is 9.97 Å². The van der Waals surface area contributed by atoms with E-state index in [9.17, 15) is 9.90 Å². The number of hydrogen-bond acceptors (Lipinski definition) is 5. The monoisotopic (exact) mass is 399 g/mol. The summed E-state index contributed by atoms with van der Waals surface area (Å²) in [5.41, 5.74) is 2.16. The normalized spacial score (nSPS) is 11.4. The molecule has 0 fully saturated rings. The molecule has 0 spiro atoms. The summed E-state index contributed by atoms with van der Waals surface area (Å²) in [4.78, 5) is 20.4. The van der Waals surface area contributed by atoms with Gasteiger partial charge >= 0.3 is 5.97 Å². The minimum Gasteiger partial charge on any atom is -0.478 e. The molecule has 0 aliphatic rings. The van der Waals surface area contributed by atoms with Crippen molar-refractivity contribution in [2.45, 2.75) is 27.4 Å². The number of aromatic carboxylic acids is 1. The first-order valence-electron chi connectivity index (χ1n) is 8.88. The van der Waals surface area contributed by atoms with Gasteiger partial charge in [0.25, 0.3) is 0 Å². The molecular formula is C21H22ClN3O3. The minimum absolute atomic E-state index is 0.0422. The second-order valence-corrected chi connectivity index (χ2v) is 8.09. The van der Waals surface area contributed by atoms with Crippen molar-refractivity contribution in [1.29, 1.82) is 0 Å². The number of carboxylic acids is 1. The molecule has 0 atom stereocenters. The number of benzene rings is 1. The molecule has 6 nitrogen and oxygen atoms in total. The third-order valence-corrected chi connectivity index (χ3v) is 4.30. The molecule has 146 valence electrons. The maximum atomic E-state index is 11.7. The lowest BCUT2D eigenvalue weighted by molar-refractivity contribution is 0.0697. The number of ether oxygens (including phenoxy) is 1. The smallest absolute Gasteiger partial charge is 0.339 e. The van der Waals surface area contributed by atoms with Crippen LogP contribution < -0.4 is 10.1 Å². The lowest BCUT2D eigenvalue weighted by Gasteiger charge is -2.21. The van der Waals surface area contributed by atoms with Crippen LogP contribution in [0.2, 0.25) is 5.02 Å². The van der Waals surface area contributed by atoms with Gasteiger partial charge in [0.05, 0.1) is 10.7 Å². The van der Waals surface area contributed by atoms with Gasteiger partial charge in [-0.25, -0.2) is 9.78 Å². The minimum atomic E-state index is -1.08. The zero-order valence-electron chi connectivity index (χ0n) is 16.0. The van der Waals surface area contributed by atoms with Crippen LogP contribution in [0.15, 0.2) is 42.6 Å². The maximum Gasteiger partial charge on any atom is 0.339 e. The SMILES string of the molecule is CC(C)(C)CNc1c(C(=O)O)cnc2c(Cl)cc(OCc3ccccc3)nc12. The Labute approximate surface area is 168 Å². The molecule has 28 heavy (non-hydrogen) atoms. The van der Waals surface area contributed by atoms with Crippen LogP contribution in [0, 0.1) is 5.41 Å². The number of carboxylic acid groups (broad SMARTS) is 1. The first kappa shape index (κ1) is 19.9. The fourth-order valence-electron chi connectivity index (χ4n) is 2.60. The molecule has 0 amide bonds. The number of nitrogens with zero attached hydrogens (tertiary/aromatic N) is 2. The standard InChI is InChI=1S/C21H22ClN3O3/c1-21(2,3)12-24-17-14(20(26)27)10-23-18-15(22)9-16(25-19(17)18)28-11-13-7-5-4-6-8-13/h4-10H,11-12H2,1-3H3,(H,23,24)(H,26,27). The van der Waals surface area contributed by atoms with Gasteiger partial charge in [0.2, 0.25) is 5.88 Å². The maximum absolute atomic E-state index is 11.7. The Hall–Kier alpha value is -2.86. The quantitative estimate of drug-likeness (QED) is 0.605. The van der Waals surface area contributed by atoms with E-state index in [1.54, 1.807) is 6.07 Å². The topological polar surface area (TPSA) is 84.3 Å². The number of nitrogens with one attached hydrogen (secondary N) is 1. The van der Waals surface area contributed by atoms with Gasteiger partial charge in [-0.3, -0.25) is 4.98 Å². The predicted octanol–water partition coefficient (Wildman–Crippen LogP) is 5.02.